The lowest BCUT2D eigenvalue weighted by atomic mass is 9.81. The Morgan fingerprint density at radius 3 is 2.69 bits per heavy atom. The van der Waals surface area contributed by atoms with E-state index in [2.05, 4.69) is 20.0 Å². The zero-order valence-electron chi connectivity index (χ0n) is 19.7. The van der Waals surface area contributed by atoms with Crippen LogP contribution in [0.1, 0.15) is 39.7 Å². The number of fused-ring (bicyclic) bond motifs is 1. The van der Waals surface area contributed by atoms with Crippen molar-refractivity contribution in [2.24, 2.45) is 5.92 Å². The molecular formula is C22H29N6O6P. The first-order chi connectivity index (χ1) is 16.6. The van der Waals surface area contributed by atoms with Crippen LogP contribution in [0.3, 0.4) is 0 Å². The maximum absolute atomic E-state index is 13.5. The molecule has 188 valence electrons. The summed E-state index contributed by atoms with van der Waals surface area (Å²) in [6, 6.07) is 7.73. The molecule has 0 radical (unpaired) electrons. The molecule has 2 heterocycles. The molecule has 0 amide bonds. The van der Waals surface area contributed by atoms with Crippen LogP contribution in [0, 0.1) is 5.92 Å². The molecule has 1 aliphatic rings. The van der Waals surface area contributed by atoms with Crippen LogP contribution in [-0.2, 0) is 18.6 Å². The monoisotopic (exact) mass is 504 g/mol. The summed E-state index contributed by atoms with van der Waals surface area (Å²) in [7, 11) is -3.90. The van der Waals surface area contributed by atoms with Crippen molar-refractivity contribution in [1.29, 1.82) is 0 Å². The van der Waals surface area contributed by atoms with Gasteiger partial charge in [-0.05, 0) is 51.7 Å². The third kappa shape index (κ3) is 5.90. The summed E-state index contributed by atoms with van der Waals surface area (Å²) in [6.07, 6.45) is 2.64. The van der Waals surface area contributed by atoms with E-state index >= 15 is 0 Å². The van der Waals surface area contributed by atoms with Gasteiger partial charge in [-0.1, -0.05) is 18.2 Å². The molecule has 1 aromatic carbocycles. The number of ether oxygens (including phenoxy) is 1. The van der Waals surface area contributed by atoms with Gasteiger partial charge in [-0.2, -0.15) is 10.1 Å². The molecule has 1 saturated carbocycles. The predicted octanol–water partition coefficient (Wildman–Crippen LogP) is 2.79. The topological polar surface area (TPSA) is 163 Å². The molecule has 0 saturated heterocycles. The molecule has 13 heteroatoms. The first-order valence-electron chi connectivity index (χ1n) is 11.3. The van der Waals surface area contributed by atoms with Crippen LogP contribution in [0.25, 0.3) is 11.2 Å². The van der Waals surface area contributed by atoms with Gasteiger partial charge in [0.05, 0.1) is 19.0 Å². The van der Waals surface area contributed by atoms with Crippen LogP contribution in [0.4, 0.5) is 5.95 Å². The van der Waals surface area contributed by atoms with Crippen molar-refractivity contribution < 1.29 is 23.1 Å². The number of nitrogens with two attached hydrogens (primary N) is 1. The standard InChI is InChI=1S/C22H29N6O6P/c1-13(2)33-21(30)14(3)27-35(31,34-17-7-5-4-6-8-17)32-11-15-9-16(10-15)28-12-24-18-19(28)25-22(23)26-20(18)29/h4-8,12-16H,9-11H2,1-3H3,(H,27,31)(H3,23,25,26,29)/t14-,15?,16?,35?/m0/s1. The Hall–Kier alpha value is -3.21. The summed E-state index contributed by atoms with van der Waals surface area (Å²) < 4.78 is 32.0. The molecule has 0 aliphatic heterocycles. The van der Waals surface area contributed by atoms with Crippen molar-refractivity contribution >= 4 is 30.8 Å². The number of carbonyl (C=O) groups is 1. The maximum atomic E-state index is 13.5. The predicted molar refractivity (Wildman–Crippen MR) is 129 cm³/mol. The van der Waals surface area contributed by atoms with E-state index in [0.29, 0.717) is 24.2 Å². The number of hydrogen-bond donors (Lipinski definition) is 3. The number of imidazole rings is 1. The number of aromatic nitrogens is 4. The van der Waals surface area contributed by atoms with Gasteiger partial charge in [0.1, 0.15) is 11.8 Å². The first kappa shape index (κ1) is 24.9. The molecule has 1 aliphatic carbocycles. The van der Waals surface area contributed by atoms with E-state index in [4.69, 9.17) is 19.5 Å². The van der Waals surface area contributed by atoms with Gasteiger partial charge < -0.3 is 19.6 Å². The van der Waals surface area contributed by atoms with Gasteiger partial charge in [0.2, 0.25) is 5.95 Å². The number of nitrogen functional groups attached to an aromatic ring is 1. The van der Waals surface area contributed by atoms with Crippen molar-refractivity contribution in [2.75, 3.05) is 12.3 Å². The molecule has 0 spiro atoms. The van der Waals surface area contributed by atoms with E-state index < -0.39 is 19.8 Å². The van der Waals surface area contributed by atoms with Crippen molar-refractivity contribution in [2.45, 2.75) is 51.8 Å². The summed E-state index contributed by atoms with van der Waals surface area (Å²) in [5.41, 5.74) is 5.94. The van der Waals surface area contributed by atoms with Gasteiger partial charge in [0, 0.05) is 6.04 Å². The lowest BCUT2D eigenvalue weighted by Crippen LogP contribution is -2.37. The van der Waals surface area contributed by atoms with E-state index in [1.807, 2.05) is 4.57 Å². The second-order valence-corrected chi connectivity index (χ2v) is 10.5. The van der Waals surface area contributed by atoms with E-state index in [0.717, 1.165) is 0 Å². The van der Waals surface area contributed by atoms with Gasteiger partial charge in [-0.25, -0.2) is 9.55 Å². The summed E-state index contributed by atoms with van der Waals surface area (Å²) in [4.78, 5) is 35.0. The number of nitrogens with zero attached hydrogens (tertiary/aromatic N) is 3. The molecule has 4 rings (SSSR count). The van der Waals surface area contributed by atoms with Crippen molar-refractivity contribution in [3.8, 4) is 5.75 Å². The third-order valence-corrected chi connectivity index (χ3v) is 7.20. The third-order valence-electron chi connectivity index (χ3n) is 5.56. The Labute approximate surface area is 201 Å². The molecule has 0 bridgehead atoms. The number of para-hydroxylation sites is 1. The van der Waals surface area contributed by atoms with Gasteiger partial charge >= 0.3 is 13.7 Å². The molecule has 3 aromatic rings. The van der Waals surface area contributed by atoms with Gasteiger partial charge in [-0.3, -0.25) is 19.1 Å². The van der Waals surface area contributed by atoms with Crippen LogP contribution < -0.4 is 20.9 Å². The summed E-state index contributed by atoms with van der Waals surface area (Å²) >= 11 is 0. The molecule has 1 fully saturated rings. The quantitative estimate of drug-likeness (QED) is 0.276. The minimum Gasteiger partial charge on any atom is -0.462 e. The number of aromatic amines is 1. The highest BCUT2D eigenvalue weighted by Crippen LogP contribution is 2.48. The average molecular weight is 504 g/mol. The van der Waals surface area contributed by atoms with Gasteiger partial charge in [0.25, 0.3) is 5.56 Å². The number of hydrogen-bond acceptors (Lipinski definition) is 9. The second kappa shape index (κ2) is 10.2. The maximum Gasteiger partial charge on any atom is 0.459 e. The fourth-order valence-electron chi connectivity index (χ4n) is 3.81. The number of H-pyrrole nitrogens is 1. The van der Waals surface area contributed by atoms with Crippen LogP contribution in [0.5, 0.6) is 5.75 Å². The van der Waals surface area contributed by atoms with Crippen LogP contribution in [0.15, 0.2) is 41.5 Å². The molecule has 2 aromatic heterocycles. The van der Waals surface area contributed by atoms with E-state index in [9.17, 15) is 14.2 Å². The summed E-state index contributed by atoms with van der Waals surface area (Å²) in [6.45, 7) is 5.15. The lowest BCUT2D eigenvalue weighted by molar-refractivity contribution is -0.149. The normalized spacial score (nSPS) is 20.2. The zero-order valence-corrected chi connectivity index (χ0v) is 20.6. The van der Waals surface area contributed by atoms with Gasteiger partial charge in [0.15, 0.2) is 11.2 Å². The van der Waals surface area contributed by atoms with Crippen LogP contribution in [-0.4, -0.2) is 44.2 Å². The van der Waals surface area contributed by atoms with E-state index in [-0.39, 0.29) is 41.7 Å². The largest absolute Gasteiger partial charge is 0.462 e. The fraction of sp³-hybridized carbons (Fsp3) is 0.455. The Balaban J connectivity index is 1.41. The SMILES string of the molecule is CC(C)OC(=O)[C@H](C)NP(=O)(OCC1CC(n2cnc3c(=O)[nH]c(N)nc32)C1)Oc1ccccc1. The number of anilines is 1. The Kier molecular flexibility index (Phi) is 7.25. The Bertz CT molecular complexity index is 1290. The molecular weight excluding hydrogens is 475 g/mol. The van der Waals surface area contributed by atoms with Crippen LogP contribution >= 0.6 is 7.75 Å². The minimum absolute atomic E-state index is 0.0265. The highest BCUT2D eigenvalue weighted by atomic mass is 31.2. The van der Waals surface area contributed by atoms with E-state index in [1.165, 1.54) is 0 Å². The highest BCUT2D eigenvalue weighted by molar-refractivity contribution is 7.52. The number of nitrogens with one attached hydrogen (secondary N) is 2. The summed E-state index contributed by atoms with van der Waals surface area (Å²) in [5, 5.41) is 2.69. The van der Waals surface area contributed by atoms with E-state index in [1.54, 1.807) is 57.4 Å². The highest BCUT2D eigenvalue weighted by Gasteiger charge is 2.37. The first-order valence-corrected chi connectivity index (χ1v) is 12.9. The average Bonchev–Trinajstić information content (AvgIpc) is 3.16. The molecule has 4 N–H and O–H groups in total. The minimum atomic E-state index is -3.90. The van der Waals surface area contributed by atoms with Crippen molar-refractivity contribution in [3.63, 3.8) is 0 Å². The molecule has 12 nitrogen and oxygen atoms in total. The lowest BCUT2D eigenvalue weighted by Gasteiger charge is -2.36. The van der Waals surface area contributed by atoms with Gasteiger partial charge in [-0.15, -0.1) is 0 Å². The summed E-state index contributed by atoms with van der Waals surface area (Å²) in [5.74, 6) is -0.112. The molecule has 35 heavy (non-hydrogen) atoms. The van der Waals surface area contributed by atoms with Crippen LogP contribution in [0.2, 0.25) is 0 Å². The van der Waals surface area contributed by atoms with Crippen molar-refractivity contribution in [1.82, 2.24) is 24.6 Å². The fourth-order valence-corrected chi connectivity index (χ4v) is 5.38. The smallest absolute Gasteiger partial charge is 0.459 e. The number of benzene rings is 1. The Morgan fingerprint density at radius 2 is 2.00 bits per heavy atom. The number of rotatable bonds is 10. The Morgan fingerprint density at radius 1 is 1.29 bits per heavy atom. The number of carbonyl (C=O) groups excluding carboxylic acids is 1. The number of esters is 1. The van der Waals surface area contributed by atoms with Crippen molar-refractivity contribution in [3.05, 3.63) is 47.0 Å². The molecule has 1 unspecified atom stereocenters. The second-order valence-electron chi connectivity index (χ2n) is 8.80. The molecule has 2 atom stereocenters. The zero-order chi connectivity index (χ0) is 25.2.